The molecule has 2 aromatic carbocycles. The third-order valence-electron chi connectivity index (χ3n) is 4.04. The second kappa shape index (κ2) is 6.28. The van der Waals surface area contributed by atoms with Crippen LogP contribution in [0, 0.1) is 0 Å². The molecule has 0 radical (unpaired) electrons. The summed E-state index contributed by atoms with van der Waals surface area (Å²) < 4.78 is 18.5. The summed E-state index contributed by atoms with van der Waals surface area (Å²) in [6.45, 7) is 1.63. The summed E-state index contributed by atoms with van der Waals surface area (Å²) in [4.78, 5) is 11.9. The minimum Gasteiger partial charge on any atom is -0.493 e. The standard InChI is InChI=1S/C19H17NO4/c21-17-8-10-20(16-5-2-1-4-15(16)17)9-3-11-22-14-6-7-18-19(12-14)24-13-23-18/h1-2,4-8,10,12H,3,9,11,13H2. The van der Waals surface area contributed by atoms with E-state index in [0.29, 0.717) is 6.61 Å². The van der Waals surface area contributed by atoms with E-state index >= 15 is 0 Å². The SMILES string of the molecule is O=c1ccn(CCCOc2ccc3c(c2)OCO3)c2ccccc12. The molecule has 0 saturated heterocycles. The maximum Gasteiger partial charge on any atom is 0.231 e. The van der Waals surface area contributed by atoms with E-state index in [0.717, 1.165) is 41.1 Å². The van der Waals surface area contributed by atoms with Crippen LogP contribution in [0.25, 0.3) is 10.9 Å². The van der Waals surface area contributed by atoms with Crippen LogP contribution in [0.5, 0.6) is 17.2 Å². The van der Waals surface area contributed by atoms with E-state index in [1.165, 1.54) is 0 Å². The fraction of sp³-hybridized carbons (Fsp3) is 0.211. The van der Waals surface area contributed by atoms with Crippen LogP contribution in [0.3, 0.4) is 0 Å². The van der Waals surface area contributed by atoms with Crippen molar-refractivity contribution in [3.63, 3.8) is 0 Å². The average molecular weight is 323 g/mol. The molecule has 0 unspecified atom stereocenters. The van der Waals surface area contributed by atoms with Gasteiger partial charge in [0.1, 0.15) is 5.75 Å². The molecule has 2 heterocycles. The van der Waals surface area contributed by atoms with E-state index in [-0.39, 0.29) is 12.2 Å². The highest BCUT2D eigenvalue weighted by molar-refractivity contribution is 5.78. The Bertz CT molecular complexity index is 932. The summed E-state index contributed by atoms with van der Waals surface area (Å²) in [5.41, 5.74) is 1.01. The lowest BCUT2D eigenvalue weighted by atomic mass is 10.2. The molecule has 0 aliphatic carbocycles. The summed E-state index contributed by atoms with van der Waals surface area (Å²) in [7, 11) is 0. The van der Waals surface area contributed by atoms with Gasteiger partial charge in [-0.1, -0.05) is 12.1 Å². The Balaban J connectivity index is 1.40. The molecule has 0 N–H and O–H groups in total. The van der Waals surface area contributed by atoms with Crippen molar-refractivity contribution in [1.82, 2.24) is 4.57 Å². The first-order valence-corrected chi connectivity index (χ1v) is 7.92. The second-order valence-electron chi connectivity index (χ2n) is 5.61. The van der Waals surface area contributed by atoms with Gasteiger partial charge < -0.3 is 18.8 Å². The number of hydrogen-bond donors (Lipinski definition) is 0. The van der Waals surface area contributed by atoms with E-state index in [1.54, 1.807) is 6.07 Å². The van der Waals surface area contributed by atoms with Gasteiger partial charge in [-0.2, -0.15) is 0 Å². The number of aryl methyl sites for hydroxylation is 1. The van der Waals surface area contributed by atoms with Crippen LogP contribution >= 0.6 is 0 Å². The van der Waals surface area contributed by atoms with Gasteiger partial charge in [0, 0.05) is 30.3 Å². The fourth-order valence-electron chi connectivity index (χ4n) is 2.85. The van der Waals surface area contributed by atoms with Crippen molar-refractivity contribution < 1.29 is 14.2 Å². The molecular weight excluding hydrogens is 306 g/mol. The van der Waals surface area contributed by atoms with Crippen LogP contribution in [-0.2, 0) is 6.54 Å². The molecule has 0 bridgehead atoms. The molecule has 122 valence electrons. The average Bonchev–Trinajstić information content (AvgIpc) is 3.08. The number of benzene rings is 2. The smallest absolute Gasteiger partial charge is 0.231 e. The zero-order valence-electron chi connectivity index (χ0n) is 13.1. The van der Waals surface area contributed by atoms with Gasteiger partial charge in [-0.15, -0.1) is 0 Å². The molecule has 0 atom stereocenters. The molecule has 0 saturated carbocycles. The van der Waals surface area contributed by atoms with E-state index < -0.39 is 0 Å². The first-order chi connectivity index (χ1) is 11.8. The van der Waals surface area contributed by atoms with Gasteiger partial charge in [0.25, 0.3) is 0 Å². The monoisotopic (exact) mass is 323 g/mol. The number of hydrogen-bond acceptors (Lipinski definition) is 4. The fourth-order valence-corrected chi connectivity index (χ4v) is 2.85. The van der Waals surface area contributed by atoms with Gasteiger partial charge in [-0.3, -0.25) is 4.79 Å². The third kappa shape index (κ3) is 2.80. The van der Waals surface area contributed by atoms with E-state index in [1.807, 2.05) is 48.7 Å². The van der Waals surface area contributed by atoms with Gasteiger partial charge in [0.05, 0.1) is 12.1 Å². The van der Waals surface area contributed by atoms with Crippen molar-refractivity contribution in [3.05, 3.63) is 65.0 Å². The molecule has 5 heteroatoms. The lowest BCUT2D eigenvalue weighted by Crippen LogP contribution is -2.10. The van der Waals surface area contributed by atoms with E-state index in [9.17, 15) is 4.79 Å². The number of pyridine rings is 1. The predicted molar refractivity (Wildman–Crippen MR) is 90.9 cm³/mol. The Hall–Kier alpha value is -2.95. The molecule has 0 amide bonds. The molecule has 1 aliphatic heterocycles. The summed E-state index contributed by atoms with van der Waals surface area (Å²) in [6.07, 6.45) is 2.67. The lowest BCUT2D eigenvalue weighted by molar-refractivity contribution is 0.173. The molecule has 3 aromatic rings. The van der Waals surface area contributed by atoms with Gasteiger partial charge in [-0.05, 0) is 30.7 Å². The van der Waals surface area contributed by atoms with Gasteiger partial charge in [0.15, 0.2) is 16.9 Å². The maximum atomic E-state index is 11.9. The zero-order chi connectivity index (χ0) is 16.4. The van der Waals surface area contributed by atoms with E-state index in [2.05, 4.69) is 4.57 Å². The summed E-state index contributed by atoms with van der Waals surface area (Å²) >= 11 is 0. The van der Waals surface area contributed by atoms with Crippen LogP contribution in [0.1, 0.15) is 6.42 Å². The predicted octanol–water partition coefficient (Wildman–Crippen LogP) is 3.20. The highest BCUT2D eigenvalue weighted by atomic mass is 16.7. The first-order valence-electron chi connectivity index (χ1n) is 7.92. The number of fused-ring (bicyclic) bond motifs is 2. The van der Waals surface area contributed by atoms with Gasteiger partial charge in [0.2, 0.25) is 6.79 Å². The molecule has 0 fully saturated rings. The maximum absolute atomic E-state index is 11.9. The van der Waals surface area contributed by atoms with Crippen molar-refractivity contribution >= 4 is 10.9 Å². The van der Waals surface area contributed by atoms with Crippen molar-refractivity contribution in [3.8, 4) is 17.2 Å². The lowest BCUT2D eigenvalue weighted by Gasteiger charge is -2.11. The van der Waals surface area contributed by atoms with Gasteiger partial charge in [-0.25, -0.2) is 0 Å². The Morgan fingerprint density at radius 3 is 2.88 bits per heavy atom. The van der Waals surface area contributed by atoms with Crippen molar-refractivity contribution in [2.24, 2.45) is 0 Å². The van der Waals surface area contributed by atoms with Gasteiger partial charge >= 0.3 is 0 Å². The van der Waals surface area contributed by atoms with Crippen molar-refractivity contribution in [1.29, 1.82) is 0 Å². The Morgan fingerprint density at radius 2 is 1.92 bits per heavy atom. The molecule has 24 heavy (non-hydrogen) atoms. The molecule has 1 aliphatic rings. The number of rotatable bonds is 5. The summed E-state index contributed by atoms with van der Waals surface area (Å²) in [5, 5.41) is 0.747. The van der Waals surface area contributed by atoms with E-state index in [4.69, 9.17) is 14.2 Å². The van der Waals surface area contributed by atoms with Crippen LogP contribution < -0.4 is 19.6 Å². The van der Waals surface area contributed by atoms with Crippen LogP contribution in [0.4, 0.5) is 0 Å². The molecule has 1 aromatic heterocycles. The second-order valence-corrected chi connectivity index (χ2v) is 5.61. The molecule has 5 nitrogen and oxygen atoms in total. The third-order valence-corrected chi connectivity index (χ3v) is 4.04. The normalized spacial score (nSPS) is 12.5. The molecular formula is C19H17NO4. The summed E-state index contributed by atoms with van der Waals surface area (Å²) in [6, 6.07) is 14.8. The topological polar surface area (TPSA) is 49.7 Å². The molecule has 4 rings (SSSR count). The number of ether oxygens (including phenoxy) is 3. The zero-order valence-corrected chi connectivity index (χ0v) is 13.1. The minimum atomic E-state index is 0.0541. The van der Waals surface area contributed by atoms with Crippen LogP contribution in [-0.4, -0.2) is 18.0 Å². The quantitative estimate of drug-likeness (QED) is 0.677. The highest BCUT2D eigenvalue weighted by Crippen LogP contribution is 2.35. The minimum absolute atomic E-state index is 0.0541. The largest absolute Gasteiger partial charge is 0.493 e. The summed E-state index contributed by atoms with van der Waals surface area (Å²) in [5.74, 6) is 2.24. The number of aromatic nitrogens is 1. The number of nitrogens with zero attached hydrogens (tertiary/aromatic N) is 1. The number of para-hydroxylation sites is 1. The Kier molecular flexibility index (Phi) is 3.83. The Morgan fingerprint density at radius 1 is 1.04 bits per heavy atom. The van der Waals surface area contributed by atoms with Crippen molar-refractivity contribution in [2.45, 2.75) is 13.0 Å². The molecule has 0 spiro atoms. The van der Waals surface area contributed by atoms with Crippen LogP contribution in [0.15, 0.2) is 59.5 Å². The van der Waals surface area contributed by atoms with Crippen molar-refractivity contribution in [2.75, 3.05) is 13.4 Å². The Labute approximate surface area is 139 Å². The highest BCUT2D eigenvalue weighted by Gasteiger charge is 2.13. The first kappa shape index (κ1) is 14.6. The van der Waals surface area contributed by atoms with Crippen LogP contribution in [0.2, 0.25) is 0 Å².